The summed E-state index contributed by atoms with van der Waals surface area (Å²) >= 11 is 0. The van der Waals surface area contributed by atoms with Gasteiger partial charge in [-0.3, -0.25) is 9.36 Å². The van der Waals surface area contributed by atoms with Gasteiger partial charge < -0.3 is 10.1 Å². The Balaban J connectivity index is 1.95. The number of hydrogen-bond donors (Lipinski definition) is 1. The van der Waals surface area contributed by atoms with Gasteiger partial charge in [-0.25, -0.2) is 4.98 Å². The van der Waals surface area contributed by atoms with Crippen LogP contribution in [-0.2, 0) is 0 Å². The van der Waals surface area contributed by atoms with Gasteiger partial charge in [-0.2, -0.15) is 0 Å². The monoisotopic (exact) mass is 523 g/mol. The van der Waals surface area contributed by atoms with Crippen molar-refractivity contribution in [2.75, 3.05) is 12.4 Å². The molecule has 196 valence electrons. The molecule has 0 unspecified atom stereocenters. The molecule has 0 radical (unpaired) electrons. The number of ether oxygens (including phenoxy) is 1. The fraction of sp³-hybridized carbons (Fsp3) is 0.312. The van der Waals surface area contributed by atoms with Gasteiger partial charge >= 0.3 is 0 Å². The van der Waals surface area contributed by atoms with Gasteiger partial charge in [0.2, 0.25) is 0 Å². The maximum Gasteiger partial charge on any atom is 0.256 e. The summed E-state index contributed by atoms with van der Waals surface area (Å²) in [5.74, 6) is 4.83. The Morgan fingerprint density at radius 3 is 2.16 bits per heavy atom. The van der Waals surface area contributed by atoms with E-state index in [1.54, 1.807) is 17.7 Å². The lowest BCUT2D eigenvalue weighted by Gasteiger charge is -2.38. The predicted octanol–water partition coefficient (Wildman–Crippen LogP) is 7.71. The normalized spacial score (nSPS) is 11.6. The van der Waals surface area contributed by atoms with Crippen molar-refractivity contribution in [3.63, 3.8) is 0 Å². The second kappa shape index (κ2) is 11.3. The van der Waals surface area contributed by atoms with Crippen LogP contribution in [0.15, 0.2) is 77.7 Å². The van der Waals surface area contributed by atoms with Gasteiger partial charge in [-0.05, 0) is 40.9 Å². The third-order valence-corrected chi connectivity index (χ3v) is 13.9. The topological polar surface area (TPSA) is 56.1 Å². The summed E-state index contributed by atoms with van der Waals surface area (Å²) in [5.41, 5.74) is 8.24. The molecule has 0 bridgehead atoms. The first-order chi connectivity index (χ1) is 18.2. The van der Waals surface area contributed by atoms with E-state index in [0.29, 0.717) is 28.2 Å². The molecule has 4 aromatic rings. The summed E-state index contributed by atoms with van der Waals surface area (Å²) in [6, 6.07) is 21.0. The van der Waals surface area contributed by atoms with Crippen molar-refractivity contribution in [1.82, 2.24) is 9.55 Å². The molecule has 0 saturated heterocycles. The molecule has 2 heterocycles. The molecule has 1 N–H and O–H groups in total. The van der Waals surface area contributed by atoms with E-state index in [4.69, 9.17) is 9.72 Å². The molecular weight excluding hydrogens is 486 g/mol. The van der Waals surface area contributed by atoms with Gasteiger partial charge in [0.1, 0.15) is 19.6 Å². The number of pyridine rings is 2. The average molecular weight is 524 g/mol. The standard InChI is InChI=1S/C32H37N3O2Si/c1-22(2)38(23(3)4,24(5)6)18-17-25-19-32(36)35(26-13-9-8-10-14-26)29-20-31(33-21-27(25)29)34-28-15-11-12-16-30(28)37-7/h8-16,19-24H,1-7H3,(H,33,34). The fourth-order valence-corrected chi connectivity index (χ4v) is 10.9. The van der Waals surface area contributed by atoms with Crippen LogP contribution in [0.3, 0.4) is 0 Å². The van der Waals surface area contributed by atoms with E-state index in [2.05, 4.69) is 58.3 Å². The smallest absolute Gasteiger partial charge is 0.256 e. The van der Waals surface area contributed by atoms with Crippen molar-refractivity contribution in [2.24, 2.45) is 0 Å². The first-order valence-corrected chi connectivity index (χ1v) is 15.5. The number of nitrogens with one attached hydrogen (secondary N) is 1. The maximum atomic E-state index is 13.6. The minimum Gasteiger partial charge on any atom is -0.495 e. The maximum absolute atomic E-state index is 13.6. The van der Waals surface area contributed by atoms with Crippen LogP contribution in [0.1, 0.15) is 47.1 Å². The van der Waals surface area contributed by atoms with Crippen LogP contribution in [0.2, 0.25) is 16.6 Å². The van der Waals surface area contributed by atoms with Crippen LogP contribution in [0.25, 0.3) is 16.6 Å². The highest BCUT2D eigenvalue weighted by Gasteiger charge is 2.41. The first-order valence-electron chi connectivity index (χ1n) is 13.2. The van der Waals surface area contributed by atoms with Crippen LogP contribution in [0.4, 0.5) is 11.5 Å². The number of para-hydroxylation sites is 3. The Hall–Kier alpha value is -3.82. The molecule has 0 atom stereocenters. The van der Waals surface area contributed by atoms with Crippen LogP contribution in [-0.4, -0.2) is 24.7 Å². The van der Waals surface area contributed by atoms with Crippen molar-refractivity contribution >= 4 is 30.5 Å². The Kier molecular flexibility index (Phi) is 8.08. The molecule has 5 nitrogen and oxygen atoms in total. The molecule has 0 fully saturated rings. The second-order valence-electron chi connectivity index (χ2n) is 10.6. The highest BCUT2D eigenvalue weighted by Crippen LogP contribution is 2.41. The zero-order valence-corrected chi connectivity index (χ0v) is 24.4. The molecule has 4 rings (SSSR count). The lowest BCUT2D eigenvalue weighted by atomic mass is 10.1. The number of nitrogens with zero attached hydrogens (tertiary/aromatic N) is 2. The first kappa shape index (κ1) is 27.2. The Morgan fingerprint density at radius 1 is 0.895 bits per heavy atom. The third kappa shape index (κ3) is 5.12. The minimum atomic E-state index is -1.98. The molecule has 0 aliphatic rings. The summed E-state index contributed by atoms with van der Waals surface area (Å²) in [4.78, 5) is 18.3. The van der Waals surface area contributed by atoms with E-state index in [1.807, 2.05) is 66.9 Å². The van der Waals surface area contributed by atoms with Crippen molar-refractivity contribution < 1.29 is 4.74 Å². The van der Waals surface area contributed by atoms with E-state index in [0.717, 1.165) is 27.8 Å². The van der Waals surface area contributed by atoms with Crippen LogP contribution in [0, 0.1) is 11.5 Å². The summed E-state index contributed by atoms with van der Waals surface area (Å²) in [6.45, 7) is 13.8. The highest BCUT2D eigenvalue weighted by atomic mass is 28.3. The Morgan fingerprint density at radius 2 is 1.53 bits per heavy atom. The third-order valence-electron chi connectivity index (χ3n) is 7.57. The van der Waals surface area contributed by atoms with E-state index < -0.39 is 8.07 Å². The summed E-state index contributed by atoms with van der Waals surface area (Å²) < 4.78 is 7.23. The number of methoxy groups -OCH3 is 1. The number of anilines is 2. The zero-order chi connectivity index (χ0) is 27.4. The molecule has 0 spiro atoms. The largest absolute Gasteiger partial charge is 0.495 e. The molecule has 0 aliphatic carbocycles. The van der Waals surface area contributed by atoms with Crippen molar-refractivity contribution in [1.29, 1.82) is 0 Å². The highest BCUT2D eigenvalue weighted by molar-refractivity contribution is 6.90. The number of hydrogen-bond acceptors (Lipinski definition) is 4. The quantitative estimate of drug-likeness (QED) is 0.199. The van der Waals surface area contributed by atoms with Gasteiger partial charge in [-0.15, -0.1) is 5.54 Å². The second-order valence-corrected chi connectivity index (χ2v) is 16.2. The van der Waals surface area contributed by atoms with Crippen LogP contribution >= 0.6 is 0 Å². The molecular formula is C32H37N3O2Si. The van der Waals surface area contributed by atoms with Gasteiger partial charge in [0.05, 0.1) is 18.3 Å². The van der Waals surface area contributed by atoms with Crippen molar-refractivity contribution in [2.45, 2.75) is 58.2 Å². The van der Waals surface area contributed by atoms with E-state index in [9.17, 15) is 4.79 Å². The van der Waals surface area contributed by atoms with E-state index in [-0.39, 0.29) is 5.56 Å². The van der Waals surface area contributed by atoms with E-state index >= 15 is 0 Å². The van der Waals surface area contributed by atoms with Crippen LogP contribution < -0.4 is 15.6 Å². The number of fused-ring (bicyclic) bond motifs is 1. The average Bonchev–Trinajstić information content (AvgIpc) is 2.89. The van der Waals surface area contributed by atoms with Gasteiger partial charge in [0.15, 0.2) is 0 Å². The van der Waals surface area contributed by atoms with Gasteiger partial charge in [-0.1, -0.05) is 77.8 Å². The molecule has 2 aromatic carbocycles. The summed E-state index contributed by atoms with van der Waals surface area (Å²) in [5, 5.41) is 4.21. The van der Waals surface area contributed by atoms with E-state index in [1.165, 1.54) is 0 Å². The molecule has 6 heteroatoms. The van der Waals surface area contributed by atoms with Crippen LogP contribution in [0.5, 0.6) is 5.75 Å². The SMILES string of the molecule is COc1ccccc1Nc1cc2c(cn1)c(C#C[Si](C(C)C)(C(C)C)C(C)C)cc(=O)n2-c1ccccc1. The molecule has 0 aliphatic heterocycles. The minimum absolute atomic E-state index is 0.117. The number of rotatable bonds is 7. The molecule has 0 saturated carbocycles. The molecule has 38 heavy (non-hydrogen) atoms. The lowest BCUT2D eigenvalue weighted by molar-refractivity contribution is 0.417. The van der Waals surface area contributed by atoms with Crippen molar-refractivity contribution in [3.05, 3.63) is 88.8 Å². The Labute approximate surface area is 226 Å². The number of benzene rings is 2. The zero-order valence-electron chi connectivity index (χ0n) is 23.4. The Bertz CT molecular complexity index is 1520. The molecule has 0 amide bonds. The van der Waals surface area contributed by atoms with Gasteiger partial charge in [0.25, 0.3) is 5.56 Å². The number of aromatic nitrogens is 2. The summed E-state index contributed by atoms with van der Waals surface area (Å²) in [6.07, 6.45) is 1.82. The van der Waals surface area contributed by atoms with Gasteiger partial charge in [0, 0.05) is 35.0 Å². The molecule has 2 aromatic heterocycles. The van der Waals surface area contributed by atoms with Crippen molar-refractivity contribution in [3.8, 4) is 22.9 Å². The lowest BCUT2D eigenvalue weighted by Crippen LogP contribution is -2.43. The predicted molar refractivity (Wildman–Crippen MR) is 162 cm³/mol. The summed E-state index contributed by atoms with van der Waals surface area (Å²) in [7, 11) is -0.342. The fourth-order valence-electron chi connectivity index (χ4n) is 5.73.